The molecule has 0 saturated carbocycles. The Morgan fingerprint density at radius 1 is 1.19 bits per heavy atom. The molecule has 0 aliphatic heterocycles. The molecule has 0 N–H and O–H groups in total. The number of alkyl halides is 3. The standard InChI is InChI=1S/C10H13F3OS2/c1-3-15-9(16-4-2)7-5-6-8(14)10(11,12)13/h5-7H,3-4H2,1-2H3/b6-5+. The molecule has 1 nitrogen and oxygen atoms in total. The molecule has 0 amide bonds. The van der Waals surface area contributed by atoms with E-state index in [2.05, 4.69) is 0 Å². The van der Waals surface area contributed by atoms with Gasteiger partial charge in [-0.25, -0.2) is 0 Å². The molecular weight excluding hydrogens is 257 g/mol. The zero-order chi connectivity index (χ0) is 12.6. The number of allylic oxidation sites excluding steroid dienone is 3. The first-order valence-corrected chi connectivity index (χ1v) is 6.64. The van der Waals surface area contributed by atoms with Crippen LogP contribution in [0.4, 0.5) is 13.2 Å². The molecule has 0 aliphatic carbocycles. The molecule has 16 heavy (non-hydrogen) atoms. The highest BCUT2D eigenvalue weighted by Gasteiger charge is 2.35. The van der Waals surface area contributed by atoms with Crippen LogP contribution in [0.15, 0.2) is 22.5 Å². The lowest BCUT2D eigenvalue weighted by molar-refractivity contribution is -0.165. The minimum Gasteiger partial charge on any atom is -0.285 e. The van der Waals surface area contributed by atoms with Gasteiger partial charge in [0.25, 0.3) is 5.78 Å². The highest BCUT2D eigenvalue weighted by atomic mass is 32.2. The average Bonchev–Trinajstić information content (AvgIpc) is 2.16. The zero-order valence-corrected chi connectivity index (χ0v) is 10.6. The van der Waals surface area contributed by atoms with Crippen molar-refractivity contribution in [3.8, 4) is 0 Å². The maximum Gasteiger partial charge on any atom is 0.454 e. The van der Waals surface area contributed by atoms with E-state index in [4.69, 9.17) is 0 Å². The van der Waals surface area contributed by atoms with E-state index >= 15 is 0 Å². The molecule has 0 fully saturated rings. The van der Waals surface area contributed by atoms with E-state index in [-0.39, 0.29) is 0 Å². The minimum absolute atomic E-state index is 0.548. The second-order valence-corrected chi connectivity index (χ2v) is 5.44. The predicted molar refractivity (Wildman–Crippen MR) is 64.5 cm³/mol. The molecular formula is C10H13F3OS2. The van der Waals surface area contributed by atoms with Crippen LogP contribution in [0.5, 0.6) is 0 Å². The number of hydrogen-bond donors (Lipinski definition) is 0. The fraction of sp³-hybridized carbons (Fsp3) is 0.500. The van der Waals surface area contributed by atoms with Crippen LogP contribution >= 0.6 is 23.5 Å². The molecule has 0 aromatic carbocycles. The monoisotopic (exact) mass is 270 g/mol. The van der Waals surface area contributed by atoms with Gasteiger partial charge in [0.1, 0.15) is 0 Å². The van der Waals surface area contributed by atoms with Gasteiger partial charge in [0, 0.05) is 4.24 Å². The van der Waals surface area contributed by atoms with Crippen molar-refractivity contribution in [3.05, 3.63) is 22.5 Å². The molecule has 0 aromatic heterocycles. The Morgan fingerprint density at radius 2 is 1.69 bits per heavy atom. The van der Waals surface area contributed by atoms with Crippen LogP contribution in [-0.4, -0.2) is 23.5 Å². The lowest BCUT2D eigenvalue weighted by atomic mass is 10.3. The number of rotatable bonds is 6. The van der Waals surface area contributed by atoms with Gasteiger partial charge in [-0.1, -0.05) is 19.9 Å². The van der Waals surface area contributed by atoms with E-state index in [0.717, 1.165) is 21.8 Å². The van der Waals surface area contributed by atoms with Crippen LogP contribution in [0.3, 0.4) is 0 Å². The summed E-state index contributed by atoms with van der Waals surface area (Å²) in [5.74, 6) is -0.133. The van der Waals surface area contributed by atoms with Crippen LogP contribution in [0.25, 0.3) is 0 Å². The summed E-state index contributed by atoms with van der Waals surface area (Å²) < 4.78 is 36.4. The van der Waals surface area contributed by atoms with Gasteiger partial charge in [-0.3, -0.25) is 4.79 Å². The van der Waals surface area contributed by atoms with E-state index in [1.165, 1.54) is 6.08 Å². The van der Waals surface area contributed by atoms with Crippen molar-refractivity contribution in [1.82, 2.24) is 0 Å². The number of hydrogen-bond acceptors (Lipinski definition) is 3. The maximum atomic E-state index is 11.8. The highest BCUT2D eigenvalue weighted by molar-refractivity contribution is 8.22. The number of carbonyl (C=O) groups excluding carboxylic acids is 1. The summed E-state index contributed by atoms with van der Waals surface area (Å²) in [5.41, 5.74) is 0. The summed E-state index contributed by atoms with van der Waals surface area (Å²) in [7, 11) is 0. The molecule has 0 unspecified atom stereocenters. The Bertz CT molecular complexity index is 274. The van der Waals surface area contributed by atoms with Crippen LogP contribution in [0.1, 0.15) is 13.8 Å². The van der Waals surface area contributed by atoms with Crippen molar-refractivity contribution >= 4 is 29.3 Å². The maximum absolute atomic E-state index is 11.8. The molecule has 0 saturated heterocycles. The van der Waals surface area contributed by atoms with Crippen LogP contribution in [0, 0.1) is 0 Å². The molecule has 0 rings (SSSR count). The summed E-state index contributed by atoms with van der Waals surface area (Å²) in [4.78, 5) is 10.5. The van der Waals surface area contributed by atoms with E-state index in [9.17, 15) is 18.0 Å². The first-order valence-electron chi connectivity index (χ1n) is 4.66. The van der Waals surface area contributed by atoms with Gasteiger partial charge in [0.05, 0.1) is 0 Å². The molecule has 0 heterocycles. The van der Waals surface area contributed by atoms with Crippen molar-refractivity contribution in [2.24, 2.45) is 0 Å². The molecule has 0 bridgehead atoms. The molecule has 92 valence electrons. The Kier molecular flexibility index (Phi) is 7.66. The van der Waals surface area contributed by atoms with Crippen molar-refractivity contribution < 1.29 is 18.0 Å². The van der Waals surface area contributed by atoms with Gasteiger partial charge in [-0.05, 0) is 23.7 Å². The van der Waals surface area contributed by atoms with Gasteiger partial charge in [0.15, 0.2) is 0 Å². The largest absolute Gasteiger partial charge is 0.454 e. The smallest absolute Gasteiger partial charge is 0.285 e. The Hall–Kier alpha value is -0.360. The summed E-state index contributed by atoms with van der Waals surface area (Å²) in [5, 5.41) is 0. The summed E-state index contributed by atoms with van der Waals surface area (Å²) in [6, 6.07) is 0. The van der Waals surface area contributed by atoms with E-state index in [1.54, 1.807) is 23.5 Å². The Labute approximate surface area is 102 Å². The van der Waals surface area contributed by atoms with Crippen LogP contribution in [0.2, 0.25) is 0 Å². The number of halogens is 3. The quantitative estimate of drug-likeness (QED) is 0.536. The minimum atomic E-state index is -4.78. The van der Waals surface area contributed by atoms with Crippen molar-refractivity contribution in [3.63, 3.8) is 0 Å². The first kappa shape index (κ1) is 15.6. The number of carbonyl (C=O) groups is 1. The highest BCUT2D eigenvalue weighted by Crippen LogP contribution is 2.27. The Balaban J connectivity index is 4.41. The lowest BCUT2D eigenvalue weighted by Gasteiger charge is -2.01. The third kappa shape index (κ3) is 7.00. The number of ketones is 1. The van der Waals surface area contributed by atoms with Crippen LogP contribution in [-0.2, 0) is 4.79 Å². The van der Waals surface area contributed by atoms with Crippen molar-refractivity contribution in [1.29, 1.82) is 0 Å². The lowest BCUT2D eigenvalue weighted by Crippen LogP contribution is -2.19. The molecule has 0 aromatic rings. The topological polar surface area (TPSA) is 17.1 Å². The third-order valence-electron chi connectivity index (χ3n) is 1.33. The third-order valence-corrected chi connectivity index (χ3v) is 3.46. The van der Waals surface area contributed by atoms with Crippen molar-refractivity contribution in [2.45, 2.75) is 20.0 Å². The molecule has 0 aliphatic rings. The first-order chi connectivity index (χ1) is 7.41. The van der Waals surface area contributed by atoms with Crippen LogP contribution < -0.4 is 0 Å². The van der Waals surface area contributed by atoms with E-state index in [1.807, 2.05) is 13.8 Å². The fourth-order valence-corrected chi connectivity index (χ4v) is 2.69. The average molecular weight is 270 g/mol. The molecule has 0 radical (unpaired) electrons. The zero-order valence-electron chi connectivity index (χ0n) is 9.00. The molecule has 0 atom stereocenters. The predicted octanol–water partition coefficient (Wildman–Crippen LogP) is 4.02. The Morgan fingerprint density at radius 3 is 2.06 bits per heavy atom. The van der Waals surface area contributed by atoms with Gasteiger partial charge < -0.3 is 0 Å². The van der Waals surface area contributed by atoms with E-state index in [0.29, 0.717) is 6.08 Å². The molecule has 6 heteroatoms. The SMILES string of the molecule is CCSC(=C/C=C/C(=O)C(F)(F)F)SCC. The summed E-state index contributed by atoms with van der Waals surface area (Å²) >= 11 is 3.08. The second kappa shape index (κ2) is 7.84. The summed E-state index contributed by atoms with van der Waals surface area (Å²) in [6.07, 6.45) is -1.55. The van der Waals surface area contributed by atoms with Gasteiger partial charge >= 0.3 is 6.18 Å². The van der Waals surface area contributed by atoms with Gasteiger partial charge in [-0.2, -0.15) is 13.2 Å². The fourth-order valence-electron chi connectivity index (χ4n) is 0.731. The van der Waals surface area contributed by atoms with Gasteiger partial charge in [0.2, 0.25) is 0 Å². The van der Waals surface area contributed by atoms with E-state index < -0.39 is 12.0 Å². The van der Waals surface area contributed by atoms with Gasteiger partial charge in [-0.15, -0.1) is 23.5 Å². The number of thioether (sulfide) groups is 2. The molecule has 0 spiro atoms. The normalized spacial score (nSPS) is 11.8. The second-order valence-electron chi connectivity index (χ2n) is 2.57. The van der Waals surface area contributed by atoms with Crippen molar-refractivity contribution in [2.75, 3.05) is 11.5 Å². The summed E-state index contributed by atoms with van der Waals surface area (Å²) in [6.45, 7) is 3.92.